The molecule has 4 nitrogen and oxygen atoms in total. The number of nitrogens with one attached hydrogen (secondary N) is 1. The molecule has 0 unspecified atom stereocenters. The lowest BCUT2D eigenvalue weighted by molar-refractivity contribution is 0.968. The highest BCUT2D eigenvalue weighted by Crippen LogP contribution is 2.26. The number of hydrogen-bond donors (Lipinski definition) is 1. The quantitative estimate of drug-likeness (QED) is 0.618. The summed E-state index contributed by atoms with van der Waals surface area (Å²) in [5.74, 6) is 0. The maximum Gasteiger partial charge on any atom is 0.214 e. The van der Waals surface area contributed by atoms with Crippen molar-refractivity contribution in [1.82, 2.24) is 14.6 Å². The van der Waals surface area contributed by atoms with Gasteiger partial charge in [0.2, 0.25) is 10.1 Å². The van der Waals surface area contributed by atoms with Crippen molar-refractivity contribution in [3.63, 3.8) is 0 Å². The van der Waals surface area contributed by atoms with E-state index in [0.29, 0.717) is 0 Å². The molecule has 1 N–H and O–H groups in total. The summed E-state index contributed by atoms with van der Waals surface area (Å²) in [6.07, 6.45) is 1.87. The zero-order chi connectivity index (χ0) is 14.8. The summed E-state index contributed by atoms with van der Waals surface area (Å²) >= 11 is 1.56. The average molecular weight is 306 g/mol. The van der Waals surface area contributed by atoms with E-state index >= 15 is 0 Å². The first-order valence-electron chi connectivity index (χ1n) is 7.08. The Morgan fingerprint density at radius 1 is 0.955 bits per heavy atom. The van der Waals surface area contributed by atoms with Gasteiger partial charge >= 0.3 is 0 Å². The third-order valence-electron chi connectivity index (χ3n) is 3.44. The minimum Gasteiger partial charge on any atom is -0.356 e. The molecule has 0 saturated carbocycles. The topological polar surface area (TPSA) is 42.2 Å². The standard InChI is InChI=1S/C17H14N4S/c1-3-7-13(8-4-1)11-18-16-20-21-15(12-19-17(21)22-16)14-9-5-2-6-10-14/h1-10,12H,11H2,(H,18,20). The molecule has 0 atom stereocenters. The Morgan fingerprint density at radius 3 is 2.45 bits per heavy atom. The Hall–Kier alpha value is -2.66. The van der Waals surface area contributed by atoms with E-state index in [9.17, 15) is 0 Å². The minimum atomic E-state index is 0.762. The lowest BCUT2D eigenvalue weighted by atomic mass is 10.2. The molecule has 0 fully saturated rings. The average Bonchev–Trinajstić information content (AvgIpc) is 3.15. The van der Waals surface area contributed by atoms with Gasteiger partial charge in [0.05, 0.1) is 11.9 Å². The number of hydrogen-bond acceptors (Lipinski definition) is 4. The molecule has 22 heavy (non-hydrogen) atoms. The van der Waals surface area contributed by atoms with Gasteiger partial charge in [0.25, 0.3) is 0 Å². The minimum absolute atomic E-state index is 0.762. The molecular formula is C17H14N4S. The van der Waals surface area contributed by atoms with Gasteiger partial charge in [-0.1, -0.05) is 72.0 Å². The molecule has 2 aromatic carbocycles. The number of rotatable bonds is 4. The Kier molecular flexibility index (Phi) is 3.33. The van der Waals surface area contributed by atoms with E-state index in [1.54, 1.807) is 11.3 Å². The lowest BCUT2D eigenvalue weighted by Gasteiger charge is -2.01. The second kappa shape index (κ2) is 5.61. The van der Waals surface area contributed by atoms with Crippen molar-refractivity contribution in [2.24, 2.45) is 0 Å². The van der Waals surface area contributed by atoms with Gasteiger partial charge in [-0.3, -0.25) is 0 Å². The van der Waals surface area contributed by atoms with Crippen molar-refractivity contribution in [2.45, 2.75) is 6.54 Å². The molecule has 0 aliphatic rings. The molecule has 2 heterocycles. The van der Waals surface area contributed by atoms with Gasteiger partial charge in [-0.05, 0) is 5.56 Å². The Balaban J connectivity index is 1.60. The van der Waals surface area contributed by atoms with Crippen molar-refractivity contribution < 1.29 is 0 Å². The first-order chi connectivity index (χ1) is 10.9. The predicted octanol–water partition coefficient (Wildman–Crippen LogP) is 4.07. The highest BCUT2D eigenvalue weighted by molar-refractivity contribution is 7.20. The molecule has 0 saturated heterocycles. The van der Waals surface area contributed by atoms with Gasteiger partial charge < -0.3 is 5.32 Å². The number of anilines is 1. The number of imidazole rings is 1. The summed E-state index contributed by atoms with van der Waals surface area (Å²) in [6, 6.07) is 20.5. The fraction of sp³-hybridized carbons (Fsp3) is 0.0588. The smallest absolute Gasteiger partial charge is 0.214 e. The summed E-state index contributed by atoms with van der Waals surface area (Å²) in [5, 5.41) is 8.87. The van der Waals surface area contributed by atoms with Crippen LogP contribution in [0.1, 0.15) is 5.56 Å². The van der Waals surface area contributed by atoms with Crippen LogP contribution in [0.15, 0.2) is 66.9 Å². The van der Waals surface area contributed by atoms with Crippen LogP contribution in [0.5, 0.6) is 0 Å². The molecule has 4 aromatic rings. The molecule has 0 amide bonds. The van der Waals surface area contributed by atoms with Gasteiger partial charge in [-0.25, -0.2) is 9.50 Å². The van der Waals surface area contributed by atoms with Crippen LogP contribution in [0.2, 0.25) is 0 Å². The van der Waals surface area contributed by atoms with Gasteiger partial charge in [0, 0.05) is 12.1 Å². The highest BCUT2D eigenvalue weighted by atomic mass is 32.1. The Labute approximate surface area is 132 Å². The first kappa shape index (κ1) is 13.0. The van der Waals surface area contributed by atoms with Gasteiger partial charge in [0.15, 0.2) is 0 Å². The van der Waals surface area contributed by atoms with E-state index in [2.05, 4.69) is 39.7 Å². The van der Waals surface area contributed by atoms with Crippen LogP contribution in [-0.2, 0) is 6.54 Å². The predicted molar refractivity (Wildman–Crippen MR) is 90.1 cm³/mol. The third-order valence-corrected chi connectivity index (χ3v) is 4.32. The van der Waals surface area contributed by atoms with E-state index in [1.807, 2.05) is 47.1 Å². The summed E-state index contributed by atoms with van der Waals surface area (Å²) in [6.45, 7) is 0.762. The van der Waals surface area contributed by atoms with E-state index in [4.69, 9.17) is 0 Å². The van der Waals surface area contributed by atoms with Gasteiger partial charge in [-0.15, -0.1) is 5.10 Å². The van der Waals surface area contributed by atoms with Crippen molar-refractivity contribution in [2.75, 3.05) is 5.32 Å². The first-order valence-corrected chi connectivity index (χ1v) is 7.89. The van der Waals surface area contributed by atoms with E-state index < -0.39 is 0 Å². The molecule has 108 valence electrons. The van der Waals surface area contributed by atoms with Crippen molar-refractivity contribution in [3.8, 4) is 11.3 Å². The van der Waals surface area contributed by atoms with Crippen LogP contribution in [0, 0.1) is 0 Å². The lowest BCUT2D eigenvalue weighted by Crippen LogP contribution is -1.99. The molecular weight excluding hydrogens is 292 g/mol. The number of benzene rings is 2. The number of nitrogens with zero attached hydrogens (tertiary/aromatic N) is 3. The molecule has 0 radical (unpaired) electrons. The molecule has 4 rings (SSSR count). The summed E-state index contributed by atoms with van der Waals surface area (Å²) < 4.78 is 1.90. The van der Waals surface area contributed by atoms with Crippen LogP contribution >= 0.6 is 11.3 Å². The summed E-state index contributed by atoms with van der Waals surface area (Å²) in [4.78, 5) is 5.35. The van der Waals surface area contributed by atoms with Crippen LogP contribution in [0.25, 0.3) is 16.2 Å². The molecule has 0 bridgehead atoms. The molecule has 0 aliphatic heterocycles. The second-order valence-electron chi connectivity index (χ2n) is 4.95. The third kappa shape index (κ3) is 2.46. The number of aromatic nitrogens is 3. The normalized spacial score (nSPS) is 10.9. The Morgan fingerprint density at radius 2 is 1.68 bits per heavy atom. The molecule has 5 heteroatoms. The molecule has 2 aromatic heterocycles. The van der Waals surface area contributed by atoms with E-state index in [1.165, 1.54) is 5.56 Å². The highest BCUT2D eigenvalue weighted by Gasteiger charge is 2.10. The van der Waals surface area contributed by atoms with Gasteiger partial charge in [0.1, 0.15) is 0 Å². The van der Waals surface area contributed by atoms with Crippen molar-refractivity contribution >= 4 is 21.4 Å². The van der Waals surface area contributed by atoms with Crippen LogP contribution in [0.4, 0.5) is 5.13 Å². The van der Waals surface area contributed by atoms with Gasteiger partial charge in [-0.2, -0.15) is 0 Å². The molecule has 0 spiro atoms. The van der Waals surface area contributed by atoms with Crippen LogP contribution in [0.3, 0.4) is 0 Å². The maximum atomic E-state index is 4.63. The zero-order valence-electron chi connectivity index (χ0n) is 11.8. The fourth-order valence-corrected chi connectivity index (χ4v) is 3.11. The Bertz CT molecular complexity index is 881. The largest absolute Gasteiger partial charge is 0.356 e. The van der Waals surface area contributed by atoms with Crippen molar-refractivity contribution in [3.05, 3.63) is 72.4 Å². The van der Waals surface area contributed by atoms with E-state index in [0.717, 1.165) is 27.9 Å². The van der Waals surface area contributed by atoms with Crippen LogP contribution in [-0.4, -0.2) is 14.6 Å². The monoisotopic (exact) mass is 306 g/mol. The molecule has 0 aliphatic carbocycles. The van der Waals surface area contributed by atoms with E-state index in [-0.39, 0.29) is 0 Å². The fourth-order valence-electron chi connectivity index (χ4n) is 2.34. The zero-order valence-corrected chi connectivity index (χ0v) is 12.6. The second-order valence-corrected chi connectivity index (χ2v) is 5.91. The maximum absolute atomic E-state index is 4.63. The number of fused-ring (bicyclic) bond motifs is 1. The summed E-state index contributed by atoms with van der Waals surface area (Å²) in [5.41, 5.74) is 3.37. The van der Waals surface area contributed by atoms with Crippen molar-refractivity contribution in [1.29, 1.82) is 0 Å². The SMILES string of the molecule is c1ccc(CNc2nn3c(-c4ccccc4)cnc3s2)cc1. The summed E-state index contributed by atoms with van der Waals surface area (Å²) in [7, 11) is 0. The van der Waals surface area contributed by atoms with Crippen LogP contribution < -0.4 is 5.32 Å².